The lowest BCUT2D eigenvalue weighted by atomic mass is 10.00. The van der Waals surface area contributed by atoms with E-state index in [1.807, 2.05) is 18.2 Å². The number of hydrogen-bond donors (Lipinski definition) is 1. The molecule has 0 saturated heterocycles. The highest BCUT2D eigenvalue weighted by Crippen LogP contribution is 2.20. The molecule has 0 fully saturated rings. The molecule has 0 amide bonds. The Morgan fingerprint density at radius 3 is 2.72 bits per heavy atom. The molecule has 1 nitrogen and oxygen atoms in total. The van der Waals surface area contributed by atoms with Gasteiger partial charge in [0.2, 0.25) is 0 Å². The summed E-state index contributed by atoms with van der Waals surface area (Å²) in [7, 11) is 0. The normalized spacial score (nSPS) is 12.2. The molecule has 0 aliphatic rings. The molecule has 0 heterocycles. The van der Waals surface area contributed by atoms with E-state index < -0.39 is 0 Å². The summed E-state index contributed by atoms with van der Waals surface area (Å²) in [5.41, 5.74) is 1.88. The minimum atomic E-state index is -0.182. The van der Waals surface area contributed by atoms with E-state index in [1.54, 1.807) is 0 Å². The van der Waals surface area contributed by atoms with Crippen LogP contribution >= 0.6 is 15.9 Å². The predicted octanol–water partition coefficient (Wildman–Crippen LogP) is 4.63. The molecule has 0 aromatic heterocycles. The van der Waals surface area contributed by atoms with Gasteiger partial charge in [-0.1, -0.05) is 54.4 Å². The first kappa shape index (κ1) is 15.4. The minimum absolute atomic E-state index is 0.182. The largest absolute Gasteiger partial charge is 0.313 e. The Labute approximate surface area is 118 Å². The standard InChI is InChI=1S/C15H21BrFN/c1-4-7-18-10-13(11(2)3)8-12-5-6-14(16)9-15(12)17/h5-6,8-9,11,18H,4,7,10H2,1-3H3. The van der Waals surface area contributed by atoms with Crippen molar-refractivity contribution in [1.82, 2.24) is 5.32 Å². The fraction of sp³-hybridized carbons (Fsp3) is 0.467. The van der Waals surface area contributed by atoms with Crippen molar-refractivity contribution in [2.75, 3.05) is 13.1 Å². The van der Waals surface area contributed by atoms with Crippen LogP contribution in [0.25, 0.3) is 6.08 Å². The summed E-state index contributed by atoms with van der Waals surface area (Å²) in [4.78, 5) is 0. The van der Waals surface area contributed by atoms with E-state index in [4.69, 9.17) is 0 Å². The molecule has 0 unspecified atom stereocenters. The molecule has 0 aliphatic heterocycles. The maximum atomic E-state index is 13.8. The smallest absolute Gasteiger partial charge is 0.131 e. The summed E-state index contributed by atoms with van der Waals surface area (Å²) >= 11 is 3.27. The van der Waals surface area contributed by atoms with Crippen molar-refractivity contribution in [3.63, 3.8) is 0 Å². The summed E-state index contributed by atoms with van der Waals surface area (Å²) in [6, 6.07) is 5.18. The van der Waals surface area contributed by atoms with Crippen LogP contribution in [0.3, 0.4) is 0 Å². The van der Waals surface area contributed by atoms with Gasteiger partial charge in [-0.05, 0) is 31.0 Å². The Balaban J connectivity index is 2.86. The van der Waals surface area contributed by atoms with E-state index in [9.17, 15) is 4.39 Å². The second-order valence-corrected chi connectivity index (χ2v) is 5.63. The second-order valence-electron chi connectivity index (χ2n) is 4.72. The molecule has 100 valence electrons. The highest BCUT2D eigenvalue weighted by molar-refractivity contribution is 9.10. The van der Waals surface area contributed by atoms with Crippen LogP contribution in [0.5, 0.6) is 0 Å². The van der Waals surface area contributed by atoms with Crippen molar-refractivity contribution < 1.29 is 4.39 Å². The number of rotatable bonds is 6. The van der Waals surface area contributed by atoms with Crippen molar-refractivity contribution in [2.45, 2.75) is 27.2 Å². The van der Waals surface area contributed by atoms with Crippen LogP contribution in [-0.2, 0) is 0 Å². The fourth-order valence-corrected chi connectivity index (χ4v) is 1.98. The lowest BCUT2D eigenvalue weighted by Crippen LogP contribution is -2.20. The average Bonchev–Trinajstić information content (AvgIpc) is 2.30. The lowest BCUT2D eigenvalue weighted by Gasteiger charge is -2.13. The number of halogens is 2. The van der Waals surface area contributed by atoms with E-state index in [0.717, 1.165) is 24.0 Å². The summed E-state index contributed by atoms with van der Waals surface area (Å²) in [5.74, 6) is 0.232. The Morgan fingerprint density at radius 2 is 2.17 bits per heavy atom. The van der Waals surface area contributed by atoms with E-state index >= 15 is 0 Å². The van der Waals surface area contributed by atoms with Crippen LogP contribution in [0.15, 0.2) is 28.2 Å². The first-order valence-electron chi connectivity index (χ1n) is 6.40. The fourth-order valence-electron chi connectivity index (χ4n) is 1.65. The van der Waals surface area contributed by atoms with Crippen LogP contribution < -0.4 is 5.32 Å². The Bertz CT molecular complexity index is 413. The second kappa shape index (κ2) is 7.70. The van der Waals surface area contributed by atoms with Gasteiger partial charge in [0, 0.05) is 16.6 Å². The van der Waals surface area contributed by atoms with Gasteiger partial charge in [0.1, 0.15) is 5.82 Å². The minimum Gasteiger partial charge on any atom is -0.313 e. The Morgan fingerprint density at radius 1 is 1.44 bits per heavy atom. The van der Waals surface area contributed by atoms with Crippen LogP contribution in [0, 0.1) is 11.7 Å². The van der Waals surface area contributed by atoms with Gasteiger partial charge in [-0.2, -0.15) is 0 Å². The van der Waals surface area contributed by atoms with E-state index in [2.05, 4.69) is 42.0 Å². The molecule has 0 bridgehead atoms. The molecule has 1 aromatic rings. The zero-order chi connectivity index (χ0) is 13.5. The van der Waals surface area contributed by atoms with Gasteiger partial charge in [0.25, 0.3) is 0 Å². The monoisotopic (exact) mass is 313 g/mol. The van der Waals surface area contributed by atoms with Crippen molar-refractivity contribution in [1.29, 1.82) is 0 Å². The molecule has 1 rings (SSSR count). The molecule has 1 aromatic carbocycles. The quantitative estimate of drug-likeness (QED) is 0.755. The first-order valence-corrected chi connectivity index (χ1v) is 7.20. The lowest BCUT2D eigenvalue weighted by molar-refractivity contribution is 0.622. The molecule has 3 heteroatoms. The molecular weight excluding hydrogens is 293 g/mol. The van der Waals surface area contributed by atoms with Gasteiger partial charge < -0.3 is 5.32 Å². The van der Waals surface area contributed by atoms with Gasteiger partial charge in [-0.15, -0.1) is 0 Å². The number of nitrogens with one attached hydrogen (secondary N) is 1. The summed E-state index contributed by atoms with van der Waals surface area (Å²) in [6.07, 6.45) is 3.06. The molecule has 0 saturated carbocycles. The Hall–Kier alpha value is -0.670. The SMILES string of the molecule is CCCNCC(=Cc1ccc(Br)cc1F)C(C)C. The van der Waals surface area contributed by atoms with Crippen molar-refractivity contribution >= 4 is 22.0 Å². The van der Waals surface area contributed by atoms with Crippen molar-refractivity contribution in [3.05, 3.63) is 39.6 Å². The van der Waals surface area contributed by atoms with Gasteiger partial charge >= 0.3 is 0 Å². The molecule has 0 atom stereocenters. The van der Waals surface area contributed by atoms with Gasteiger partial charge in [0.15, 0.2) is 0 Å². The van der Waals surface area contributed by atoms with E-state index in [-0.39, 0.29) is 5.82 Å². The maximum Gasteiger partial charge on any atom is 0.131 e. The third-order valence-electron chi connectivity index (χ3n) is 2.80. The highest BCUT2D eigenvalue weighted by Gasteiger charge is 2.06. The summed E-state index contributed by atoms with van der Waals surface area (Å²) in [6.45, 7) is 8.22. The molecule has 18 heavy (non-hydrogen) atoms. The number of hydrogen-bond acceptors (Lipinski definition) is 1. The van der Waals surface area contributed by atoms with Gasteiger partial charge in [0.05, 0.1) is 0 Å². The molecule has 1 N–H and O–H groups in total. The zero-order valence-corrected chi connectivity index (χ0v) is 12.8. The molecular formula is C15H21BrFN. The van der Waals surface area contributed by atoms with Crippen LogP contribution in [0.2, 0.25) is 0 Å². The summed E-state index contributed by atoms with van der Waals surface area (Å²) < 4.78 is 14.5. The topological polar surface area (TPSA) is 12.0 Å². The van der Waals surface area contributed by atoms with E-state index in [0.29, 0.717) is 11.5 Å². The third kappa shape index (κ3) is 4.91. The van der Waals surface area contributed by atoms with Crippen LogP contribution in [0.1, 0.15) is 32.8 Å². The maximum absolute atomic E-state index is 13.8. The van der Waals surface area contributed by atoms with Crippen LogP contribution in [0.4, 0.5) is 4.39 Å². The highest BCUT2D eigenvalue weighted by atomic mass is 79.9. The van der Waals surface area contributed by atoms with Gasteiger partial charge in [-0.3, -0.25) is 0 Å². The average molecular weight is 314 g/mol. The number of benzene rings is 1. The zero-order valence-electron chi connectivity index (χ0n) is 11.3. The van der Waals surface area contributed by atoms with Gasteiger partial charge in [-0.25, -0.2) is 4.39 Å². The molecule has 0 spiro atoms. The van der Waals surface area contributed by atoms with E-state index in [1.165, 1.54) is 11.6 Å². The third-order valence-corrected chi connectivity index (χ3v) is 3.29. The van der Waals surface area contributed by atoms with Crippen molar-refractivity contribution in [2.24, 2.45) is 5.92 Å². The van der Waals surface area contributed by atoms with Crippen molar-refractivity contribution in [3.8, 4) is 0 Å². The molecule has 0 aliphatic carbocycles. The molecule has 0 radical (unpaired) electrons. The Kier molecular flexibility index (Phi) is 6.58. The predicted molar refractivity (Wildman–Crippen MR) is 80.1 cm³/mol. The first-order chi connectivity index (χ1) is 8.54. The van der Waals surface area contributed by atoms with Crippen LogP contribution in [-0.4, -0.2) is 13.1 Å². The summed E-state index contributed by atoms with van der Waals surface area (Å²) in [5, 5.41) is 3.37.